The van der Waals surface area contributed by atoms with Crippen LogP contribution in [0, 0.1) is 11.3 Å². The molecule has 0 bridgehead atoms. The highest BCUT2D eigenvalue weighted by Crippen LogP contribution is 2.24. The second-order valence-corrected chi connectivity index (χ2v) is 6.11. The number of rotatable bonds is 7. The van der Waals surface area contributed by atoms with Crippen molar-refractivity contribution in [1.82, 2.24) is 4.90 Å². The number of likely N-dealkylation sites (N-methyl/N-ethyl adjacent to an activating group) is 1. The smallest absolute Gasteiger partial charge is 0.0615 e. The molecule has 3 nitrogen and oxygen atoms in total. The minimum Gasteiger partial charge on any atom is -0.383 e. The molecule has 0 saturated heterocycles. The van der Waals surface area contributed by atoms with Gasteiger partial charge in [0.2, 0.25) is 0 Å². The Morgan fingerprint density at radius 2 is 1.88 bits per heavy atom. The Balaban J connectivity index is 4.11. The van der Waals surface area contributed by atoms with Crippen molar-refractivity contribution < 1.29 is 4.74 Å². The Morgan fingerprint density at radius 1 is 1.31 bits per heavy atom. The van der Waals surface area contributed by atoms with Gasteiger partial charge in [0.05, 0.1) is 6.61 Å². The second kappa shape index (κ2) is 7.25. The summed E-state index contributed by atoms with van der Waals surface area (Å²) in [5.41, 5.74) is 6.20. The van der Waals surface area contributed by atoms with Crippen molar-refractivity contribution in [3.05, 3.63) is 0 Å². The minimum atomic E-state index is 0.357. The summed E-state index contributed by atoms with van der Waals surface area (Å²) in [6.07, 6.45) is 1.17. The van der Waals surface area contributed by atoms with Crippen molar-refractivity contribution in [2.45, 2.75) is 40.2 Å². The van der Waals surface area contributed by atoms with E-state index in [9.17, 15) is 0 Å². The van der Waals surface area contributed by atoms with Crippen LogP contribution in [0.3, 0.4) is 0 Å². The minimum absolute atomic E-state index is 0.357. The summed E-state index contributed by atoms with van der Waals surface area (Å²) in [4.78, 5) is 2.34. The zero-order chi connectivity index (χ0) is 12.8. The molecule has 3 heteroatoms. The van der Waals surface area contributed by atoms with E-state index >= 15 is 0 Å². The molecule has 0 radical (unpaired) electrons. The standard InChI is InChI=1S/C13H30N2O/c1-11(10-16-6)15(5)9-12(8-14)7-13(2,3)4/h11-12H,7-10,14H2,1-6H3. The third-order valence-electron chi connectivity index (χ3n) is 2.94. The molecular weight excluding hydrogens is 200 g/mol. The molecule has 2 N–H and O–H groups in total. The highest BCUT2D eigenvalue weighted by Gasteiger charge is 2.20. The number of ether oxygens (including phenoxy) is 1. The van der Waals surface area contributed by atoms with Crippen LogP contribution in [0.1, 0.15) is 34.1 Å². The van der Waals surface area contributed by atoms with Gasteiger partial charge in [-0.25, -0.2) is 0 Å². The Hall–Kier alpha value is -0.120. The fourth-order valence-corrected chi connectivity index (χ4v) is 2.04. The van der Waals surface area contributed by atoms with Gasteiger partial charge in [-0.15, -0.1) is 0 Å². The fourth-order valence-electron chi connectivity index (χ4n) is 2.04. The predicted molar refractivity (Wildman–Crippen MR) is 70.6 cm³/mol. The van der Waals surface area contributed by atoms with Crippen LogP contribution in [-0.4, -0.2) is 44.8 Å². The second-order valence-electron chi connectivity index (χ2n) is 6.11. The molecule has 0 aromatic carbocycles. The van der Waals surface area contributed by atoms with E-state index in [1.54, 1.807) is 7.11 Å². The first kappa shape index (κ1) is 15.9. The van der Waals surface area contributed by atoms with Gasteiger partial charge < -0.3 is 15.4 Å². The molecule has 0 rings (SSSR count). The molecule has 0 spiro atoms. The van der Waals surface area contributed by atoms with Crippen LogP contribution in [0.4, 0.5) is 0 Å². The molecule has 0 saturated carbocycles. The molecule has 0 heterocycles. The average molecular weight is 230 g/mol. The van der Waals surface area contributed by atoms with Crippen molar-refractivity contribution in [2.75, 3.05) is 33.9 Å². The summed E-state index contributed by atoms with van der Waals surface area (Å²) in [5.74, 6) is 0.573. The summed E-state index contributed by atoms with van der Waals surface area (Å²) in [5, 5.41) is 0. The maximum absolute atomic E-state index is 5.84. The Morgan fingerprint density at radius 3 is 2.25 bits per heavy atom. The van der Waals surface area contributed by atoms with E-state index in [2.05, 4.69) is 39.6 Å². The molecule has 2 atom stereocenters. The van der Waals surface area contributed by atoms with Crippen LogP contribution in [0.2, 0.25) is 0 Å². The van der Waals surface area contributed by atoms with E-state index in [-0.39, 0.29) is 0 Å². The molecule has 0 aromatic heterocycles. The molecule has 0 aromatic rings. The third kappa shape index (κ3) is 7.20. The average Bonchev–Trinajstić information content (AvgIpc) is 2.14. The van der Waals surface area contributed by atoms with E-state index in [0.717, 1.165) is 19.7 Å². The van der Waals surface area contributed by atoms with Gasteiger partial charge in [-0.2, -0.15) is 0 Å². The van der Waals surface area contributed by atoms with E-state index in [0.29, 0.717) is 17.4 Å². The lowest BCUT2D eigenvalue weighted by atomic mass is 9.84. The number of nitrogens with two attached hydrogens (primary N) is 1. The fraction of sp³-hybridized carbons (Fsp3) is 1.00. The third-order valence-corrected chi connectivity index (χ3v) is 2.94. The van der Waals surface area contributed by atoms with Gasteiger partial charge in [-0.3, -0.25) is 0 Å². The van der Waals surface area contributed by atoms with Crippen molar-refractivity contribution in [2.24, 2.45) is 17.1 Å². The SMILES string of the molecule is COCC(C)N(C)CC(CN)CC(C)(C)C. The van der Waals surface area contributed by atoms with Crippen LogP contribution in [0.15, 0.2) is 0 Å². The highest BCUT2D eigenvalue weighted by atomic mass is 16.5. The van der Waals surface area contributed by atoms with E-state index in [1.807, 2.05) is 0 Å². The molecular formula is C13H30N2O. The molecule has 98 valence electrons. The Labute approximate surface area is 101 Å². The maximum Gasteiger partial charge on any atom is 0.0615 e. The zero-order valence-corrected chi connectivity index (χ0v) is 11.9. The molecule has 0 aliphatic heterocycles. The number of hydrogen-bond acceptors (Lipinski definition) is 3. The molecule has 0 aliphatic carbocycles. The summed E-state index contributed by atoms with van der Waals surface area (Å²) in [6, 6.07) is 0.457. The monoisotopic (exact) mass is 230 g/mol. The van der Waals surface area contributed by atoms with Crippen LogP contribution in [0.25, 0.3) is 0 Å². The molecule has 0 amide bonds. The lowest BCUT2D eigenvalue weighted by Crippen LogP contribution is -2.39. The van der Waals surface area contributed by atoms with Crippen molar-refractivity contribution in [1.29, 1.82) is 0 Å². The quantitative estimate of drug-likeness (QED) is 0.726. The Kier molecular flexibility index (Phi) is 7.20. The first-order valence-corrected chi connectivity index (χ1v) is 6.19. The summed E-state index contributed by atoms with van der Waals surface area (Å²) >= 11 is 0. The van der Waals surface area contributed by atoms with Gasteiger partial charge in [0.15, 0.2) is 0 Å². The van der Waals surface area contributed by atoms with Crippen LogP contribution in [0.5, 0.6) is 0 Å². The number of hydrogen-bond donors (Lipinski definition) is 1. The van der Waals surface area contributed by atoms with Gasteiger partial charge in [-0.05, 0) is 38.3 Å². The summed E-state index contributed by atoms with van der Waals surface area (Å²) in [7, 11) is 3.90. The van der Waals surface area contributed by atoms with Crippen LogP contribution >= 0.6 is 0 Å². The van der Waals surface area contributed by atoms with Gasteiger partial charge in [0.1, 0.15) is 0 Å². The molecule has 2 unspecified atom stereocenters. The zero-order valence-electron chi connectivity index (χ0n) is 11.9. The Bertz CT molecular complexity index is 177. The highest BCUT2D eigenvalue weighted by molar-refractivity contribution is 4.74. The maximum atomic E-state index is 5.84. The van der Waals surface area contributed by atoms with Gasteiger partial charge >= 0.3 is 0 Å². The van der Waals surface area contributed by atoms with E-state index in [4.69, 9.17) is 10.5 Å². The first-order valence-electron chi connectivity index (χ1n) is 6.19. The number of nitrogens with zero attached hydrogens (tertiary/aromatic N) is 1. The molecule has 0 aliphatic rings. The number of methoxy groups -OCH3 is 1. The van der Waals surface area contributed by atoms with Crippen molar-refractivity contribution >= 4 is 0 Å². The van der Waals surface area contributed by atoms with Crippen molar-refractivity contribution in [3.63, 3.8) is 0 Å². The van der Waals surface area contributed by atoms with Gasteiger partial charge in [0, 0.05) is 19.7 Å². The lowest BCUT2D eigenvalue weighted by molar-refractivity contribution is 0.100. The predicted octanol–water partition coefficient (Wildman–Crippen LogP) is 1.96. The molecule has 16 heavy (non-hydrogen) atoms. The summed E-state index contributed by atoms with van der Waals surface area (Å²) < 4.78 is 5.17. The van der Waals surface area contributed by atoms with Gasteiger partial charge in [0.25, 0.3) is 0 Å². The van der Waals surface area contributed by atoms with Gasteiger partial charge in [-0.1, -0.05) is 20.8 Å². The van der Waals surface area contributed by atoms with E-state index < -0.39 is 0 Å². The van der Waals surface area contributed by atoms with E-state index in [1.165, 1.54) is 6.42 Å². The normalized spacial score (nSPS) is 16.5. The van der Waals surface area contributed by atoms with Crippen molar-refractivity contribution in [3.8, 4) is 0 Å². The van der Waals surface area contributed by atoms with Crippen LogP contribution in [-0.2, 0) is 4.74 Å². The largest absolute Gasteiger partial charge is 0.383 e. The van der Waals surface area contributed by atoms with Crippen LogP contribution < -0.4 is 5.73 Å². The topological polar surface area (TPSA) is 38.5 Å². The first-order chi connectivity index (χ1) is 7.30. The summed E-state index contributed by atoms with van der Waals surface area (Å²) in [6.45, 7) is 11.6. The lowest BCUT2D eigenvalue weighted by Gasteiger charge is -2.31. The molecule has 0 fully saturated rings.